The maximum atomic E-state index is 11.9. The lowest BCUT2D eigenvalue weighted by Crippen LogP contribution is -2.45. The fourth-order valence-electron chi connectivity index (χ4n) is 1.36. The van der Waals surface area contributed by atoms with Gasteiger partial charge in [0.15, 0.2) is 0 Å². The van der Waals surface area contributed by atoms with Crippen molar-refractivity contribution in [1.29, 1.82) is 0 Å². The largest absolute Gasteiger partial charge is 0.319 e. The molecule has 17 heavy (non-hydrogen) atoms. The fourth-order valence-corrected chi connectivity index (χ4v) is 1.36. The van der Waals surface area contributed by atoms with Crippen molar-refractivity contribution in [3.63, 3.8) is 0 Å². The standard InChI is InChI=1S/C12H20N4O/c1-7-6-8(2)15-11(14-7)16-10(17)9(13)12(3,4)5/h6,9H,13H2,1-5H3,(H,14,15,16,17)/t9-/m0/s1. The van der Waals surface area contributed by atoms with Crippen LogP contribution in [0, 0.1) is 19.3 Å². The number of nitrogens with two attached hydrogens (primary N) is 1. The van der Waals surface area contributed by atoms with E-state index in [9.17, 15) is 4.79 Å². The van der Waals surface area contributed by atoms with Gasteiger partial charge in [-0.1, -0.05) is 20.8 Å². The summed E-state index contributed by atoms with van der Waals surface area (Å²) >= 11 is 0. The van der Waals surface area contributed by atoms with E-state index in [1.165, 1.54) is 0 Å². The summed E-state index contributed by atoms with van der Waals surface area (Å²) in [5.41, 5.74) is 7.20. The van der Waals surface area contributed by atoms with E-state index in [-0.39, 0.29) is 11.3 Å². The molecule has 1 aromatic rings. The Labute approximate surface area is 102 Å². The number of hydrogen-bond donors (Lipinski definition) is 2. The van der Waals surface area contributed by atoms with Crippen molar-refractivity contribution in [2.45, 2.75) is 40.7 Å². The molecule has 1 heterocycles. The van der Waals surface area contributed by atoms with Gasteiger partial charge in [0.2, 0.25) is 11.9 Å². The zero-order valence-corrected chi connectivity index (χ0v) is 11.0. The van der Waals surface area contributed by atoms with E-state index < -0.39 is 6.04 Å². The summed E-state index contributed by atoms with van der Waals surface area (Å²) in [6, 6.07) is 1.26. The molecule has 0 unspecified atom stereocenters. The van der Waals surface area contributed by atoms with Crippen LogP contribution in [-0.4, -0.2) is 21.9 Å². The molecule has 94 valence electrons. The zero-order chi connectivity index (χ0) is 13.2. The quantitative estimate of drug-likeness (QED) is 0.813. The molecule has 5 nitrogen and oxygen atoms in total. The van der Waals surface area contributed by atoms with Crippen molar-refractivity contribution in [1.82, 2.24) is 9.97 Å². The van der Waals surface area contributed by atoms with Gasteiger partial charge in [-0.15, -0.1) is 0 Å². The first kappa shape index (κ1) is 13.6. The maximum absolute atomic E-state index is 11.9. The first-order valence-electron chi connectivity index (χ1n) is 5.59. The number of carbonyl (C=O) groups excluding carboxylic acids is 1. The van der Waals surface area contributed by atoms with Crippen LogP contribution in [0.2, 0.25) is 0 Å². The van der Waals surface area contributed by atoms with E-state index in [0.29, 0.717) is 5.95 Å². The molecule has 0 saturated carbocycles. The Morgan fingerprint density at radius 2 is 1.76 bits per heavy atom. The van der Waals surface area contributed by atoms with Gasteiger partial charge in [0.25, 0.3) is 0 Å². The van der Waals surface area contributed by atoms with Crippen molar-refractivity contribution in [3.05, 3.63) is 17.5 Å². The second-order valence-electron chi connectivity index (χ2n) is 5.31. The first-order valence-corrected chi connectivity index (χ1v) is 5.59. The number of amides is 1. The predicted octanol–water partition coefficient (Wildman–Crippen LogP) is 1.41. The van der Waals surface area contributed by atoms with Crippen LogP contribution in [0.4, 0.5) is 5.95 Å². The monoisotopic (exact) mass is 236 g/mol. The van der Waals surface area contributed by atoms with Crippen LogP contribution < -0.4 is 11.1 Å². The zero-order valence-electron chi connectivity index (χ0n) is 11.0. The molecule has 0 radical (unpaired) electrons. The lowest BCUT2D eigenvalue weighted by atomic mass is 9.87. The van der Waals surface area contributed by atoms with Gasteiger partial charge >= 0.3 is 0 Å². The molecule has 0 saturated heterocycles. The lowest BCUT2D eigenvalue weighted by molar-refractivity contribution is -0.119. The van der Waals surface area contributed by atoms with Crippen LogP contribution >= 0.6 is 0 Å². The Kier molecular flexibility index (Phi) is 3.83. The normalized spacial score (nSPS) is 13.3. The van der Waals surface area contributed by atoms with Crippen LogP contribution in [-0.2, 0) is 4.79 Å². The highest BCUT2D eigenvalue weighted by Gasteiger charge is 2.27. The molecule has 1 aromatic heterocycles. The van der Waals surface area contributed by atoms with Gasteiger partial charge in [0, 0.05) is 11.4 Å². The topological polar surface area (TPSA) is 80.9 Å². The molecular formula is C12H20N4O. The Morgan fingerprint density at radius 1 is 1.29 bits per heavy atom. The van der Waals surface area contributed by atoms with Crippen LogP contribution in [0.25, 0.3) is 0 Å². The van der Waals surface area contributed by atoms with E-state index in [1.807, 2.05) is 40.7 Å². The minimum Gasteiger partial charge on any atom is -0.319 e. The Balaban J connectivity index is 2.81. The lowest BCUT2D eigenvalue weighted by Gasteiger charge is -2.25. The van der Waals surface area contributed by atoms with Gasteiger partial charge in [-0.3, -0.25) is 10.1 Å². The van der Waals surface area contributed by atoms with Gasteiger partial charge in [-0.05, 0) is 25.3 Å². The Bertz CT molecular complexity index is 403. The Morgan fingerprint density at radius 3 is 2.18 bits per heavy atom. The van der Waals surface area contributed by atoms with Crippen molar-refractivity contribution in [2.24, 2.45) is 11.1 Å². The van der Waals surface area contributed by atoms with Crippen LogP contribution in [0.15, 0.2) is 6.07 Å². The number of nitrogens with zero attached hydrogens (tertiary/aromatic N) is 2. The second kappa shape index (κ2) is 4.79. The average Bonchev–Trinajstić information content (AvgIpc) is 2.13. The number of nitrogens with one attached hydrogen (secondary N) is 1. The Hall–Kier alpha value is -1.49. The third kappa shape index (κ3) is 3.78. The highest BCUT2D eigenvalue weighted by molar-refractivity contribution is 5.93. The summed E-state index contributed by atoms with van der Waals surface area (Å²) in [5, 5.41) is 2.64. The summed E-state index contributed by atoms with van der Waals surface area (Å²) in [6.07, 6.45) is 0. The molecule has 1 atom stereocenters. The van der Waals surface area contributed by atoms with Gasteiger partial charge in [0.05, 0.1) is 6.04 Å². The fraction of sp³-hybridized carbons (Fsp3) is 0.583. The summed E-state index contributed by atoms with van der Waals surface area (Å²) in [4.78, 5) is 20.1. The van der Waals surface area contributed by atoms with Gasteiger partial charge in [0.1, 0.15) is 0 Å². The molecule has 0 fully saturated rings. The summed E-state index contributed by atoms with van der Waals surface area (Å²) in [5.74, 6) is 0.0506. The molecule has 0 aliphatic heterocycles. The molecule has 0 aliphatic rings. The number of aryl methyl sites for hydroxylation is 2. The van der Waals surface area contributed by atoms with Crippen molar-refractivity contribution in [2.75, 3.05) is 5.32 Å². The number of rotatable bonds is 2. The predicted molar refractivity (Wildman–Crippen MR) is 67.6 cm³/mol. The minimum atomic E-state index is -0.591. The minimum absolute atomic E-state index is 0.262. The maximum Gasteiger partial charge on any atom is 0.244 e. The number of hydrogen-bond acceptors (Lipinski definition) is 4. The number of carbonyl (C=O) groups is 1. The molecule has 0 bridgehead atoms. The van der Waals surface area contributed by atoms with Crippen LogP contribution in [0.5, 0.6) is 0 Å². The van der Waals surface area contributed by atoms with E-state index in [0.717, 1.165) is 11.4 Å². The van der Waals surface area contributed by atoms with E-state index in [2.05, 4.69) is 15.3 Å². The highest BCUT2D eigenvalue weighted by Crippen LogP contribution is 2.18. The molecule has 5 heteroatoms. The highest BCUT2D eigenvalue weighted by atomic mass is 16.2. The van der Waals surface area contributed by atoms with E-state index in [4.69, 9.17) is 5.73 Å². The molecule has 0 aromatic carbocycles. The van der Waals surface area contributed by atoms with E-state index >= 15 is 0 Å². The molecule has 1 rings (SSSR count). The van der Waals surface area contributed by atoms with Crippen molar-refractivity contribution in [3.8, 4) is 0 Å². The second-order valence-corrected chi connectivity index (χ2v) is 5.31. The third-order valence-electron chi connectivity index (χ3n) is 2.43. The molecule has 3 N–H and O–H groups in total. The molecule has 0 spiro atoms. The first-order chi connectivity index (χ1) is 7.70. The van der Waals surface area contributed by atoms with Gasteiger partial charge < -0.3 is 5.73 Å². The summed E-state index contributed by atoms with van der Waals surface area (Å²) in [7, 11) is 0. The number of anilines is 1. The van der Waals surface area contributed by atoms with Crippen molar-refractivity contribution >= 4 is 11.9 Å². The van der Waals surface area contributed by atoms with E-state index in [1.54, 1.807) is 0 Å². The smallest absolute Gasteiger partial charge is 0.244 e. The van der Waals surface area contributed by atoms with Crippen molar-refractivity contribution < 1.29 is 4.79 Å². The van der Waals surface area contributed by atoms with Crippen LogP contribution in [0.3, 0.4) is 0 Å². The third-order valence-corrected chi connectivity index (χ3v) is 2.43. The van der Waals surface area contributed by atoms with Gasteiger partial charge in [-0.25, -0.2) is 9.97 Å². The average molecular weight is 236 g/mol. The van der Waals surface area contributed by atoms with Crippen LogP contribution in [0.1, 0.15) is 32.2 Å². The SMILES string of the molecule is Cc1cc(C)nc(NC(=O)[C@H](N)C(C)(C)C)n1. The molecule has 1 amide bonds. The number of aromatic nitrogens is 2. The summed E-state index contributed by atoms with van der Waals surface area (Å²) < 4.78 is 0. The molecular weight excluding hydrogens is 216 g/mol. The molecule has 0 aliphatic carbocycles. The van der Waals surface area contributed by atoms with Gasteiger partial charge in [-0.2, -0.15) is 0 Å². The summed E-state index contributed by atoms with van der Waals surface area (Å²) in [6.45, 7) is 9.46.